The van der Waals surface area contributed by atoms with Crippen LogP contribution in [0, 0.1) is 5.92 Å². The van der Waals surface area contributed by atoms with Crippen molar-refractivity contribution in [1.29, 1.82) is 0 Å². The van der Waals surface area contributed by atoms with E-state index >= 15 is 0 Å². The molecule has 1 saturated carbocycles. The highest BCUT2D eigenvalue weighted by molar-refractivity contribution is 7.21. The van der Waals surface area contributed by atoms with Crippen LogP contribution in [0.15, 0.2) is 12.4 Å². The fourth-order valence-corrected chi connectivity index (χ4v) is 3.68. The number of rotatable bonds is 3. The second-order valence-electron chi connectivity index (χ2n) is 5.38. The number of aromatic nitrogens is 2. The Morgan fingerprint density at radius 3 is 2.90 bits per heavy atom. The smallest absolute Gasteiger partial charge is 0.263 e. The Labute approximate surface area is 126 Å². The first-order valence-electron chi connectivity index (χ1n) is 7.12. The lowest BCUT2D eigenvalue weighted by Gasteiger charge is -2.27. The first kappa shape index (κ1) is 14.2. The van der Waals surface area contributed by atoms with Gasteiger partial charge in [0.05, 0.1) is 11.8 Å². The number of hydrogen-bond acceptors (Lipinski definition) is 6. The molecule has 0 aromatic carbocycles. The Hall–Kier alpha value is -1.73. The van der Waals surface area contributed by atoms with Crippen molar-refractivity contribution in [2.75, 3.05) is 12.3 Å². The molecule has 0 bridgehead atoms. The molecule has 6 nitrogen and oxygen atoms in total. The summed E-state index contributed by atoms with van der Waals surface area (Å²) in [6.07, 6.45) is 6.76. The number of nitrogens with one attached hydrogen (secondary N) is 1. The molecule has 112 valence electrons. The second kappa shape index (κ2) is 5.95. The number of amides is 1. The topological polar surface area (TPSA) is 101 Å². The molecule has 3 rings (SSSR count). The molecule has 0 spiro atoms. The van der Waals surface area contributed by atoms with E-state index in [0.29, 0.717) is 27.5 Å². The average molecular weight is 306 g/mol. The van der Waals surface area contributed by atoms with Crippen molar-refractivity contribution in [3.05, 3.63) is 17.3 Å². The van der Waals surface area contributed by atoms with Crippen molar-refractivity contribution in [2.45, 2.75) is 31.8 Å². The van der Waals surface area contributed by atoms with Gasteiger partial charge in [-0.15, -0.1) is 11.3 Å². The number of thiophene rings is 1. The van der Waals surface area contributed by atoms with Crippen LogP contribution in [-0.4, -0.2) is 33.6 Å². The molecule has 4 N–H and O–H groups in total. The van der Waals surface area contributed by atoms with E-state index in [0.717, 1.165) is 25.7 Å². The van der Waals surface area contributed by atoms with Crippen LogP contribution in [-0.2, 0) is 0 Å². The van der Waals surface area contributed by atoms with Crippen LogP contribution in [0.25, 0.3) is 10.3 Å². The molecule has 1 aliphatic rings. The monoisotopic (exact) mass is 306 g/mol. The highest BCUT2D eigenvalue weighted by atomic mass is 32.1. The third-order valence-corrected chi connectivity index (χ3v) is 5.06. The highest BCUT2D eigenvalue weighted by Gasteiger charge is 2.24. The first-order chi connectivity index (χ1) is 10.2. The molecule has 21 heavy (non-hydrogen) atoms. The van der Waals surface area contributed by atoms with Gasteiger partial charge >= 0.3 is 0 Å². The number of nitrogens with zero attached hydrogens (tertiary/aromatic N) is 2. The molecule has 0 aliphatic heterocycles. The highest BCUT2D eigenvalue weighted by Crippen LogP contribution is 2.30. The van der Waals surface area contributed by atoms with Crippen LogP contribution < -0.4 is 11.1 Å². The van der Waals surface area contributed by atoms with Gasteiger partial charge in [0.1, 0.15) is 15.2 Å². The molecule has 0 saturated heterocycles. The van der Waals surface area contributed by atoms with E-state index in [2.05, 4.69) is 15.3 Å². The minimum absolute atomic E-state index is 0.134. The number of nitrogen functional groups attached to an aromatic ring is 1. The van der Waals surface area contributed by atoms with E-state index in [9.17, 15) is 9.90 Å². The van der Waals surface area contributed by atoms with Crippen LogP contribution in [0.4, 0.5) is 5.69 Å². The van der Waals surface area contributed by atoms with Crippen molar-refractivity contribution < 1.29 is 9.90 Å². The molecule has 1 amide bonds. The Morgan fingerprint density at radius 2 is 2.14 bits per heavy atom. The lowest BCUT2D eigenvalue weighted by molar-refractivity contribution is 0.0664. The van der Waals surface area contributed by atoms with Gasteiger partial charge in [-0.1, -0.05) is 12.8 Å². The molecule has 2 aromatic heterocycles. The van der Waals surface area contributed by atoms with Crippen molar-refractivity contribution in [2.24, 2.45) is 5.92 Å². The van der Waals surface area contributed by atoms with Gasteiger partial charge < -0.3 is 16.2 Å². The molecule has 1 fully saturated rings. The number of anilines is 1. The predicted octanol–water partition coefficient (Wildman–Crippen LogP) is 1.55. The van der Waals surface area contributed by atoms with E-state index in [-0.39, 0.29) is 17.9 Å². The first-order valence-corrected chi connectivity index (χ1v) is 7.93. The van der Waals surface area contributed by atoms with Crippen LogP contribution >= 0.6 is 11.3 Å². The molecule has 1 aliphatic carbocycles. The summed E-state index contributed by atoms with van der Waals surface area (Å²) in [5.41, 5.74) is 6.93. The zero-order valence-electron chi connectivity index (χ0n) is 11.6. The van der Waals surface area contributed by atoms with Crippen LogP contribution in [0.1, 0.15) is 35.4 Å². The van der Waals surface area contributed by atoms with Gasteiger partial charge in [-0.25, -0.2) is 9.97 Å². The van der Waals surface area contributed by atoms with Gasteiger partial charge in [0.15, 0.2) is 0 Å². The molecule has 2 heterocycles. The number of hydrogen-bond donors (Lipinski definition) is 3. The quantitative estimate of drug-likeness (QED) is 0.798. The molecule has 7 heteroatoms. The number of aliphatic hydroxyl groups excluding tert-OH is 1. The SMILES string of the molecule is Nc1c(C(=O)NCC2CCCCC2O)sc2nccnc12. The zero-order valence-corrected chi connectivity index (χ0v) is 12.4. The molecule has 2 atom stereocenters. The summed E-state index contributed by atoms with van der Waals surface area (Å²) in [5, 5.41) is 12.8. The standard InChI is InChI=1S/C14H18N4O2S/c15-10-11-14(17-6-5-16-11)21-12(10)13(20)18-7-8-3-1-2-4-9(8)19/h5-6,8-9,19H,1-4,7,15H2,(H,18,20). The average Bonchev–Trinajstić information content (AvgIpc) is 2.84. The van der Waals surface area contributed by atoms with Gasteiger partial charge in [0.2, 0.25) is 0 Å². The normalized spacial score (nSPS) is 22.3. The molecular formula is C14H18N4O2S. The maximum Gasteiger partial charge on any atom is 0.263 e. The van der Waals surface area contributed by atoms with Crippen molar-refractivity contribution in [3.8, 4) is 0 Å². The summed E-state index contributed by atoms with van der Waals surface area (Å²) in [5.74, 6) is -0.0790. The summed E-state index contributed by atoms with van der Waals surface area (Å²) >= 11 is 1.25. The van der Waals surface area contributed by atoms with E-state index in [1.54, 1.807) is 12.4 Å². The summed E-state index contributed by atoms with van der Waals surface area (Å²) in [6.45, 7) is 0.481. The van der Waals surface area contributed by atoms with Gasteiger partial charge in [-0.2, -0.15) is 0 Å². The van der Waals surface area contributed by atoms with E-state index in [1.165, 1.54) is 11.3 Å². The second-order valence-corrected chi connectivity index (χ2v) is 6.38. The van der Waals surface area contributed by atoms with Crippen LogP contribution in [0.5, 0.6) is 0 Å². The van der Waals surface area contributed by atoms with Crippen molar-refractivity contribution >= 4 is 33.3 Å². The lowest BCUT2D eigenvalue weighted by Crippen LogP contribution is -2.36. The van der Waals surface area contributed by atoms with Gasteiger partial charge in [-0.05, 0) is 12.8 Å². The summed E-state index contributed by atoms with van der Waals surface area (Å²) in [6, 6.07) is 0. The van der Waals surface area contributed by atoms with Gasteiger partial charge in [0.25, 0.3) is 5.91 Å². The van der Waals surface area contributed by atoms with E-state index < -0.39 is 0 Å². The molecule has 2 aromatic rings. The van der Waals surface area contributed by atoms with E-state index in [4.69, 9.17) is 5.73 Å². The van der Waals surface area contributed by atoms with Crippen molar-refractivity contribution in [1.82, 2.24) is 15.3 Å². The van der Waals surface area contributed by atoms with Crippen LogP contribution in [0.3, 0.4) is 0 Å². The fraction of sp³-hybridized carbons (Fsp3) is 0.500. The predicted molar refractivity (Wildman–Crippen MR) is 82.1 cm³/mol. The third-order valence-electron chi connectivity index (χ3n) is 3.96. The number of carbonyl (C=O) groups is 1. The molecule has 2 unspecified atom stereocenters. The Kier molecular flexibility index (Phi) is 4.03. The summed E-state index contributed by atoms with van der Waals surface area (Å²) < 4.78 is 0. The third kappa shape index (κ3) is 2.84. The van der Waals surface area contributed by atoms with Gasteiger partial charge in [-0.3, -0.25) is 4.79 Å². The maximum absolute atomic E-state index is 12.3. The Balaban J connectivity index is 1.70. The molecule has 0 radical (unpaired) electrons. The maximum atomic E-state index is 12.3. The van der Waals surface area contributed by atoms with Crippen LogP contribution in [0.2, 0.25) is 0 Å². The minimum atomic E-state index is -0.317. The summed E-state index contributed by atoms with van der Waals surface area (Å²) in [7, 11) is 0. The number of nitrogens with two attached hydrogens (primary N) is 1. The Morgan fingerprint density at radius 1 is 1.38 bits per heavy atom. The minimum Gasteiger partial charge on any atom is -0.396 e. The molecular weight excluding hydrogens is 288 g/mol. The summed E-state index contributed by atoms with van der Waals surface area (Å²) in [4.78, 5) is 21.7. The number of fused-ring (bicyclic) bond motifs is 1. The Bertz CT molecular complexity index is 657. The number of carbonyl (C=O) groups excluding carboxylic acids is 1. The van der Waals surface area contributed by atoms with E-state index in [1.807, 2.05) is 0 Å². The largest absolute Gasteiger partial charge is 0.396 e. The van der Waals surface area contributed by atoms with Crippen molar-refractivity contribution in [3.63, 3.8) is 0 Å². The van der Waals surface area contributed by atoms with Gasteiger partial charge in [0, 0.05) is 24.9 Å². The number of aliphatic hydroxyl groups is 1. The fourth-order valence-electron chi connectivity index (χ4n) is 2.74. The lowest BCUT2D eigenvalue weighted by atomic mass is 9.86. The zero-order chi connectivity index (χ0) is 14.8.